The van der Waals surface area contributed by atoms with Gasteiger partial charge in [0, 0.05) is 24.7 Å². The number of pyridine rings is 1. The summed E-state index contributed by atoms with van der Waals surface area (Å²) in [7, 11) is 3.54. The third kappa shape index (κ3) is 1.79. The monoisotopic (exact) mass is 217 g/mol. The average molecular weight is 217 g/mol. The van der Waals surface area contributed by atoms with Crippen LogP contribution in [0, 0.1) is 0 Å². The topological polar surface area (TPSA) is 60.2 Å². The van der Waals surface area contributed by atoms with Crippen molar-refractivity contribution in [2.45, 2.75) is 6.54 Å². The second-order valence-electron chi connectivity index (χ2n) is 3.50. The number of nitrogens with two attached hydrogens (primary N) is 1. The van der Waals surface area contributed by atoms with E-state index in [1.54, 1.807) is 7.11 Å². The number of hydrogen-bond acceptors (Lipinski definition) is 4. The quantitative estimate of drug-likeness (QED) is 0.822. The van der Waals surface area contributed by atoms with Gasteiger partial charge in [-0.3, -0.25) is 4.98 Å². The van der Waals surface area contributed by atoms with Crippen LogP contribution >= 0.6 is 0 Å². The lowest BCUT2D eigenvalue weighted by molar-refractivity contribution is 0.415. The molecule has 2 rings (SSSR count). The predicted molar refractivity (Wildman–Crippen MR) is 65.7 cm³/mol. The highest BCUT2D eigenvalue weighted by Gasteiger charge is 2.05. The van der Waals surface area contributed by atoms with Crippen molar-refractivity contribution in [1.29, 1.82) is 0 Å². The van der Waals surface area contributed by atoms with Crippen LogP contribution in [0.4, 0.5) is 5.69 Å². The molecule has 4 heteroatoms. The van der Waals surface area contributed by atoms with Gasteiger partial charge in [0.05, 0.1) is 18.3 Å². The van der Waals surface area contributed by atoms with Gasteiger partial charge < -0.3 is 15.8 Å². The molecule has 0 atom stereocenters. The Morgan fingerprint density at radius 3 is 2.81 bits per heavy atom. The Labute approximate surface area is 94.4 Å². The van der Waals surface area contributed by atoms with Crippen molar-refractivity contribution < 1.29 is 4.74 Å². The molecule has 84 valence electrons. The third-order valence-electron chi connectivity index (χ3n) is 2.55. The molecule has 0 spiro atoms. The second kappa shape index (κ2) is 4.37. The van der Waals surface area contributed by atoms with Crippen LogP contribution in [0.3, 0.4) is 0 Å². The molecular weight excluding hydrogens is 202 g/mol. The lowest BCUT2D eigenvalue weighted by atomic mass is 10.1. The summed E-state index contributed by atoms with van der Waals surface area (Å²) in [4.78, 5) is 4.46. The van der Waals surface area contributed by atoms with Crippen molar-refractivity contribution in [3.8, 4) is 5.75 Å². The van der Waals surface area contributed by atoms with Crippen LogP contribution in [0.5, 0.6) is 5.75 Å². The molecule has 0 amide bonds. The minimum absolute atomic E-state index is 0.441. The van der Waals surface area contributed by atoms with E-state index >= 15 is 0 Å². The van der Waals surface area contributed by atoms with Crippen LogP contribution in [-0.2, 0) is 6.54 Å². The highest BCUT2D eigenvalue weighted by atomic mass is 16.5. The van der Waals surface area contributed by atoms with Gasteiger partial charge in [0.25, 0.3) is 0 Å². The zero-order valence-electron chi connectivity index (χ0n) is 9.45. The van der Waals surface area contributed by atoms with Gasteiger partial charge in [-0.05, 0) is 24.3 Å². The van der Waals surface area contributed by atoms with E-state index in [0.717, 1.165) is 28.0 Å². The molecule has 1 aromatic carbocycles. The van der Waals surface area contributed by atoms with Crippen molar-refractivity contribution in [1.82, 2.24) is 4.98 Å². The first-order valence-electron chi connectivity index (χ1n) is 5.14. The molecule has 1 heterocycles. The SMILES string of the molecule is CNc1cc(CN)nc2ccc(OC)cc12. The number of nitrogens with zero attached hydrogens (tertiary/aromatic N) is 1. The van der Waals surface area contributed by atoms with Gasteiger partial charge in [-0.25, -0.2) is 0 Å². The normalized spacial score (nSPS) is 10.4. The van der Waals surface area contributed by atoms with Gasteiger partial charge in [0.1, 0.15) is 5.75 Å². The van der Waals surface area contributed by atoms with E-state index in [1.807, 2.05) is 31.3 Å². The maximum Gasteiger partial charge on any atom is 0.119 e. The largest absolute Gasteiger partial charge is 0.497 e. The Bertz CT molecular complexity index is 511. The maximum atomic E-state index is 5.61. The number of anilines is 1. The van der Waals surface area contributed by atoms with Crippen LogP contribution in [0.25, 0.3) is 10.9 Å². The molecule has 0 saturated carbocycles. The standard InChI is InChI=1S/C12H15N3O/c1-14-12-5-8(7-13)15-11-4-3-9(16-2)6-10(11)12/h3-6H,7,13H2,1-2H3,(H,14,15). The van der Waals surface area contributed by atoms with Gasteiger partial charge >= 0.3 is 0 Å². The maximum absolute atomic E-state index is 5.61. The van der Waals surface area contributed by atoms with Gasteiger partial charge in [-0.15, -0.1) is 0 Å². The summed E-state index contributed by atoms with van der Waals surface area (Å²) in [6, 6.07) is 7.76. The molecule has 0 saturated heterocycles. The van der Waals surface area contributed by atoms with E-state index in [1.165, 1.54) is 0 Å². The molecule has 0 radical (unpaired) electrons. The Balaban J connectivity index is 2.69. The Morgan fingerprint density at radius 1 is 1.38 bits per heavy atom. The molecule has 0 aliphatic carbocycles. The molecule has 0 unspecified atom stereocenters. The number of methoxy groups -OCH3 is 1. The molecule has 3 N–H and O–H groups in total. The second-order valence-corrected chi connectivity index (χ2v) is 3.50. The third-order valence-corrected chi connectivity index (χ3v) is 2.55. The average Bonchev–Trinajstić information content (AvgIpc) is 2.36. The van der Waals surface area contributed by atoms with E-state index in [-0.39, 0.29) is 0 Å². The van der Waals surface area contributed by atoms with Crippen LogP contribution in [0.2, 0.25) is 0 Å². The van der Waals surface area contributed by atoms with E-state index in [4.69, 9.17) is 10.5 Å². The summed E-state index contributed by atoms with van der Waals surface area (Å²) in [5.41, 5.74) is 8.42. The molecule has 2 aromatic rings. The van der Waals surface area contributed by atoms with Crippen LogP contribution in [0.1, 0.15) is 5.69 Å². The smallest absolute Gasteiger partial charge is 0.119 e. The van der Waals surface area contributed by atoms with Gasteiger partial charge in [-0.2, -0.15) is 0 Å². The Morgan fingerprint density at radius 2 is 2.19 bits per heavy atom. The Hall–Kier alpha value is -1.81. The fourth-order valence-corrected chi connectivity index (χ4v) is 1.70. The fourth-order valence-electron chi connectivity index (χ4n) is 1.70. The van der Waals surface area contributed by atoms with Crippen LogP contribution in [-0.4, -0.2) is 19.1 Å². The summed E-state index contributed by atoms with van der Waals surface area (Å²) in [5.74, 6) is 0.825. The lowest BCUT2D eigenvalue weighted by Crippen LogP contribution is -2.02. The predicted octanol–water partition coefficient (Wildman–Crippen LogP) is 1.74. The van der Waals surface area contributed by atoms with Crippen molar-refractivity contribution >= 4 is 16.6 Å². The van der Waals surface area contributed by atoms with Crippen molar-refractivity contribution in [2.24, 2.45) is 5.73 Å². The van der Waals surface area contributed by atoms with Gasteiger partial charge in [-0.1, -0.05) is 0 Å². The first-order chi connectivity index (χ1) is 7.78. The minimum atomic E-state index is 0.441. The van der Waals surface area contributed by atoms with Crippen LogP contribution < -0.4 is 15.8 Å². The Kier molecular flexibility index (Phi) is 2.92. The van der Waals surface area contributed by atoms with Crippen LogP contribution in [0.15, 0.2) is 24.3 Å². The number of benzene rings is 1. The summed E-state index contributed by atoms with van der Waals surface area (Å²) >= 11 is 0. The number of fused-ring (bicyclic) bond motifs is 1. The van der Waals surface area contributed by atoms with Crippen molar-refractivity contribution in [3.63, 3.8) is 0 Å². The molecule has 0 bridgehead atoms. The number of rotatable bonds is 3. The first-order valence-corrected chi connectivity index (χ1v) is 5.14. The van der Waals surface area contributed by atoms with E-state index in [2.05, 4.69) is 10.3 Å². The number of hydrogen-bond donors (Lipinski definition) is 2. The minimum Gasteiger partial charge on any atom is -0.497 e. The highest BCUT2D eigenvalue weighted by Crippen LogP contribution is 2.26. The highest BCUT2D eigenvalue weighted by molar-refractivity contribution is 5.92. The number of ether oxygens (including phenoxy) is 1. The van der Waals surface area contributed by atoms with Gasteiger partial charge in [0.15, 0.2) is 0 Å². The number of aromatic nitrogens is 1. The summed E-state index contributed by atoms with van der Waals surface area (Å²) in [6.45, 7) is 0.441. The number of nitrogens with one attached hydrogen (secondary N) is 1. The summed E-state index contributed by atoms with van der Waals surface area (Å²) in [5, 5.41) is 4.19. The first kappa shape index (κ1) is 10.7. The zero-order valence-corrected chi connectivity index (χ0v) is 9.45. The molecule has 1 aromatic heterocycles. The van der Waals surface area contributed by atoms with E-state index in [9.17, 15) is 0 Å². The summed E-state index contributed by atoms with van der Waals surface area (Å²) in [6.07, 6.45) is 0. The van der Waals surface area contributed by atoms with E-state index < -0.39 is 0 Å². The fraction of sp³-hybridized carbons (Fsp3) is 0.250. The van der Waals surface area contributed by atoms with Crippen molar-refractivity contribution in [3.05, 3.63) is 30.0 Å². The van der Waals surface area contributed by atoms with E-state index in [0.29, 0.717) is 6.54 Å². The molecule has 0 fully saturated rings. The van der Waals surface area contributed by atoms with Gasteiger partial charge in [0.2, 0.25) is 0 Å². The summed E-state index contributed by atoms with van der Waals surface area (Å²) < 4.78 is 5.20. The van der Waals surface area contributed by atoms with Crippen molar-refractivity contribution in [2.75, 3.05) is 19.5 Å². The molecular formula is C12H15N3O. The lowest BCUT2D eigenvalue weighted by Gasteiger charge is -2.09. The molecule has 16 heavy (non-hydrogen) atoms. The molecule has 0 aliphatic rings. The molecule has 4 nitrogen and oxygen atoms in total. The molecule has 0 aliphatic heterocycles. The zero-order chi connectivity index (χ0) is 11.5.